The number of rotatable bonds is 8. The SMILES string of the molecule is CCNC(=NCC(CC)CC)N1CCN(CC(=O)NC2CC2)CC1. The van der Waals surface area contributed by atoms with E-state index in [1.807, 2.05) is 0 Å². The number of hydrogen-bond acceptors (Lipinski definition) is 3. The molecule has 2 fully saturated rings. The summed E-state index contributed by atoms with van der Waals surface area (Å²) in [7, 11) is 0. The molecule has 1 aliphatic carbocycles. The van der Waals surface area contributed by atoms with E-state index in [4.69, 9.17) is 4.99 Å². The quantitative estimate of drug-likeness (QED) is 0.517. The van der Waals surface area contributed by atoms with Gasteiger partial charge in [0.15, 0.2) is 5.96 Å². The number of carbonyl (C=O) groups is 1. The Morgan fingerprint density at radius 2 is 1.79 bits per heavy atom. The molecular formula is C18H35N5O. The molecule has 138 valence electrons. The maximum Gasteiger partial charge on any atom is 0.234 e. The molecule has 2 N–H and O–H groups in total. The summed E-state index contributed by atoms with van der Waals surface area (Å²) in [4.78, 5) is 21.4. The van der Waals surface area contributed by atoms with E-state index in [0.29, 0.717) is 18.5 Å². The summed E-state index contributed by atoms with van der Waals surface area (Å²) in [6.45, 7) is 12.6. The van der Waals surface area contributed by atoms with Gasteiger partial charge in [-0.05, 0) is 25.7 Å². The van der Waals surface area contributed by atoms with Gasteiger partial charge in [0.05, 0.1) is 6.54 Å². The maximum atomic E-state index is 11.9. The molecule has 0 bridgehead atoms. The highest BCUT2D eigenvalue weighted by molar-refractivity contribution is 5.80. The molecule has 1 saturated heterocycles. The van der Waals surface area contributed by atoms with Crippen molar-refractivity contribution in [2.45, 2.75) is 52.5 Å². The number of nitrogens with one attached hydrogen (secondary N) is 2. The molecule has 1 amide bonds. The van der Waals surface area contributed by atoms with Crippen molar-refractivity contribution in [3.05, 3.63) is 0 Å². The van der Waals surface area contributed by atoms with Crippen LogP contribution in [0, 0.1) is 5.92 Å². The number of amides is 1. The number of piperazine rings is 1. The molecule has 0 aromatic carbocycles. The van der Waals surface area contributed by atoms with Crippen LogP contribution in [0.5, 0.6) is 0 Å². The lowest BCUT2D eigenvalue weighted by Crippen LogP contribution is -2.54. The molecule has 6 nitrogen and oxygen atoms in total. The molecule has 1 aliphatic heterocycles. The van der Waals surface area contributed by atoms with Crippen LogP contribution in [0.1, 0.15) is 46.5 Å². The molecule has 24 heavy (non-hydrogen) atoms. The first-order valence-electron chi connectivity index (χ1n) is 9.71. The van der Waals surface area contributed by atoms with Gasteiger partial charge >= 0.3 is 0 Å². The summed E-state index contributed by atoms with van der Waals surface area (Å²) in [6.07, 6.45) is 4.67. The van der Waals surface area contributed by atoms with Crippen LogP contribution in [-0.2, 0) is 4.79 Å². The van der Waals surface area contributed by atoms with Crippen LogP contribution in [0.15, 0.2) is 4.99 Å². The van der Waals surface area contributed by atoms with E-state index >= 15 is 0 Å². The largest absolute Gasteiger partial charge is 0.357 e. The molecule has 0 unspecified atom stereocenters. The second-order valence-electron chi connectivity index (χ2n) is 6.98. The summed E-state index contributed by atoms with van der Waals surface area (Å²) in [5.41, 5.74) is 0. The number of guanidine groups is 1. The minimum absolute atomic E-state index is 0.181. The van der Waals surface area contributed by atoms with E-state index in [0.717, 1.165) is 58.1 Å². The molecule has 1 heterocycles. The average Bonchev–Trinajstić information content (AvgIpc) is 3.39. The van der Waals surface area contributed by atoms with Gasteiger partial charge < -0.3 is 15.5 Å². The fourth-order valence-electron chi connectivity index (χ4n) is 3.01. The van der Waals surface area contributed by atoms with Crippen LogP contribution in [0.2, 0.25) is 0 Å². The van der Waals surface area contributed by atoms with Crippen LogP contribution in [-0.4, -0.2) is 73.5 Å². The third kappa shape index (κ3) is 6.30. The number of hydrogen-bond donors (Lipinski definition) is 2. The Morgan fingerprint density at radius 3 is 2.33 bits per heavy atom. The summed E-state index contributed by atoms with van der Waals surface area (Å²) in [5.74, 6) is 1.89. The Bertz CT molecular complexity index is 410. The molecule has 0 aromatic heterocycles. The predicted molar refractivity (Wildman–Crippen MR) is 99.2 cm³/mol. The van der Waals surface area contributed by atoms with E-state index in [1.165, 1.54) is 12.8 Å². The lowest BCUT2D eigenvalue weighted by Gasteiger charge is -2.36. The van der Waals surface area contributed by atoms with Crippen molar-refractivity contribution < 1.29 is 4.79 Å². The molecule has 0 atom stereocenters. The molecule has 2 rings (SSSR count). The predicted octanol–water partition coefficient (Wildman–Crippen LogP) is 1.28. The Balaban J connectivity index is 1.78. The Kier molecular flexibility index (Phi) is 7.82. The normalized spacial score (nSPS) is 19.7. The highest BCUT2D eigenvalue weighted by atomic mass is 16.2. The van der Waals surface area contributed by atoms with Gasteiger partial charge in [-0.3, -0.25) is 14.7 Å². The van der Waals surface area contributed by atoms with Crippen molar-refractivity contribution in [2.75, 3.05) is 45.8 Å². The number of carbonyl (C=O) groups excluding carboxylic acids is 1. The minimum Gasteiger partial charge on any atom is -0.357 e. The van der Waals surface area contributed by atoms with Crippen molar-refractivity contribution in [3.8, 4) is 0 Å². The highest BCUT2D eigenvalue weighted by Crippen LogP contribution is 2.18. The van der Waals surface area contributed by atoms with Crippen molar-refractivity contribution in [2.24, 2.45) is 10.9 Å². The zero-order valence-corrected chi connectivity index (χ0v) is 15.7. The smallest absolute Gasteiger partial charge is 0.234 e. The second-order valence-corrected chi connectivity index (χ2v) is 6.98. The average molecular weight is 338 g/mol. The summed E-state index contributed by atoms with van der Waals surface area (Å²) in [5, 5.41) is 6.49. The van der Waals surface area contributed by atoms with Crippen LogP contribution in [0.25, 0.3) is 0 Å². The molecule has 0 radical (unpaired) electrons. The first-order chi connectivity index (χ1) is 11.7. The maximum absolute atomic E-state index is 11.9. The molecule has 6 heteroatoms. The van der Waals surface area contributed by atoms with Crippen molar-refractivity contribution in [3.63, 3.8) is 0 Å². The minimum atomic E-state index is 0.181. The molecule has 0 aromatic rings. The lowest BCUT2D eigenvalue weighted by atomic mass is 10.0. The van der Waals surface area contributed by atoms with E-state index in [9.17, 15) is 4.79 Å². The van der Waals surface area contributed by atoms with Crippen LogP contribution in [0.3, 0.4) is 0 Å². The third-order valence-electron chi connectivity index (χ3n) is 4.97. The van der Waals surface area contributed by atoms with Crippen molar-refractivity contribution in [1.29, 1.82) is 0 Å². The summed E-state index contributed by atoms with van der Waals surface area (Å²) < 4.78 is 0. The van der Waals surface area contributed by atoms with Gasteiger partial charge in [-0.2, -0.15) is 0 Å². The summed E-state index contributed by atoms with van der Waals surface area (Å²) in [6, 6.07) is 0.455. The lowest BCUT2D eigenvalue weighted by molar-refractivity contribution is -0.122. The zero-order chi connectivity index (χ0) is 17.4. The molecular weight excluding hydrogens is 302 g/mol. The van der Waals surface area contributed by atoms with Gasteiger partial charge in [0.25, 0.3) is 0 Å². The van der Waals surface area contributed by atoms with Gasteiger partial charge in [0.2, 0.25) is 5.91 Å². The standard InChI is InChI=1S/C18H35N5O/c1-4-15(5-2)13-20-18(19-6-3)23-11-9-22(10-12-23)14-17(24)21-16-7-8-16/h15-16H,4-14H2,1-3H3,(H,19,20)(H,21,24). The Hall–Kier alpha value is -1.30. The highest BCUT2D eigenvalue weighted by Gasteiger charge is 2.25. The fourth-order valence-corrected chi connectivity index (χ4v) is 3.01. The fraction of sp³-hybridized carbons (Fsp3) is 0.889. The number of aliphatic imine (C=N–C) groups is 1. The van der Waals surface area contributed by atoms with Crippen LogP contribution < -0.4 is 10.6 Å². The second kappa shape index (κ2) is 9.87. The number of nitrogens with zero attached hydrogens (tertiary/aromatic N) is 3. The van der Waals surface area contributed by atoms with Gasteiger partial charge in [0, 0.05) is 45.3 Å². The zero-order valence-electron chi connectivity index (χ0n) is 15.7. The van der Waals surface area contributed by atoms with Crippen molar-refractivity contribution >= 4 is 11.9 Å². The Morgan fingerprint density at radius 1 is 1.12 bits per heavy atom. The van der Waals surface area contributed by atoms with Gasteiger partial charge in [0.1, 0.15) is 0 Å². The third-order valence-corrected chi connectivity index (χ3v) is 4.97. The van der Waals surface area contributed by atoms with Gasteiger partial charge in [-0.15, -0.1) is 0 Å². The molecule has 1 saturated carbocycles. The van der Waals surface area contributed by atoms with E-state index in [2.05, 4.69) is 41.2 Å². The monoisotopic (exact) mass is 337 g/mol. The topological polar surface area (TPSA) is 60.0 Å². The molecule has 2 aliphatic rings. The van der Waals surface area contributed by atoms with Crippen molar-refractivity contribution in [1.82, 2.24) is 20.4 Å². The van der Waals surface area contributed by atoms with E-state index in [1.54, 1.807) is 0 Å². The first-order valence-corrected chi connectivity index (χ1v) is 9.71. The summed E-state index contributed by atoms with van der Waals surface area (Å²) >= 11 is 0. The van der Waals surface area contributed by atoms with E-state index in [-0.39, 0.29) is 5.91 Å². The van der Waals surface area contributed by atoms with Gasteiger partial charge in [-0.1, -0.05) is 26.7 Å². The first kappa shape index (κ1) is 19.0. The molecule has 0 spiro atoms. The van der Waals surface area contributed by atoms with Crippen LogP contribution >= 0.6 is 0 Å². The van der Waals surface area contributed by atoms with E-state index < -0.39 is 0 Å². The van der Waals surface area contributed by atoms with Gasteiger partial charge in [-0.25, -0.2) is 0 Å². The Labute approximate surface area is 147 Å². The van der Waals surface area contributed by atoms with Crippen LogP contribution in [0.4, 0.5) is 0 Å².